The number of aromatic nitrogens is 2. The van der Waals surface area contributed by atoms with Crippen LogP contribution in [0.3, 0.4) is 0 Å². The highest BCUT2D eigenvalue weighted by Crippen LogP contribution is 2.19. The summed E-state index contributed by atoms with van der Waals surface area (Å²) in [6, 6.07) is 20.8. The minimum atomic E-state index is -0.118. The SMILES string of the molecule is CCCN(CC(=O)Nc1ccc(OCc2ccccc2)cc1)Cc1nnc(-c2ccco2)o1. The summed E-state index contributed by atoms with van der Waals surface area (Å²) in [5.41, 5.74) is 1.81. The van der Waals surface area contributed by atoms with E-state index in [4.69, 9.17) is 13.6 Å². The lowest BCUT2D eigenvalue weighted by Gasteiger charge is -2.19. The van der Waals surface area contributed by atoms with Crippen LogP contribution in [0.2, 0.25) is 0 Å². The van der Waals surface area contributed by atoms with E-state index in [1.165, 1.54) is 0 Å². The van der Waals surface area contributed by atoms with E-state index >= 15 is 0 Å². The van der Waals surface area contributed by atoms with Gasteiger partial charge in [-0.1, -0.05) is 37.3 Å². The first-order valence-corrected chi connectivity index (χ1v) is 10.8. The fourth-order valence-corrected chi connectivity index (χ4v) is 3.32. The molecule has 2 aromatic carbocycles. The van der Waals surface area contributed by atoms with Crippen molar-refractivity contribution >= 4 is 11.6 Å². The number of carbonyl (C=O) groups excluding carboxylic acids is 1. The molecule has 1 amide bonds. The third kappa shape index (κ3) is 6.54. The molecule has 8 nitrogen and oxygen atoms in total. The number of hydrogen-bond donors (Lipinski definition) is 1. The van der Waals surface area contributed by atoms with Crippen molar-refractivity contribution in [3.8, 4) is 17.4 Å². The number of anilines is 1. The maximum Gasteiger partial charge on any atom is 0.283 e. The van der Waals surface area contributed by atoms with E-state index < -0.39 is 0 Å². The van der Waals surface area contributed by atoms with Crippen molar-refractivity contribution in [1.29, 1.82) is 0 Å². The van der Waals surface area contributed by atoms with Gasteiger partial charge in [0.25, 0.3) is 5.89 Å². The Balaban J connectivity index is 1.28. The van der Waals surface area contributed by atoms with Crippen LogP contribution in [0.5, 0.6) is 5.75 Å². The molecule has 0 aliphatic rings. The van der Waals surface area contributed by atoms with Crippen molar-refractivity contribution in [2.45, 2.75) is 26.5 Å². The van der Waals surface area contributed by atoms with E-state index in [0.29, 0.717) is 36.4 Å². The number of furan rings is 1. The maximum atomic E-state index is 12.6. The Hall–Kier alpha value is -3.91. The maximum absolute atomic E-state index is 12.6. The number of benzene rings is 2. The first-order valence-electron chi connectivity index (χ1n) is 10.8. The number of ether oxygens (including phenoxy) is 1. The number of nitrogens with zero attached hydrogens (tertiary/aromatic N) is 3. The third-order valence-corrected chi connectivity index (χ3v) is 4.85. The molecule has 2 heterocycles. The van der Waals surface area contributed by atoms with Crippen LogP contribution < -0.4 is 10.1 Å². The Morgan fingerprint density at radius 2 is 1.85 bits per heavy atom. The molecule has 4 rings (SSSR count). The molecule has 33 heavy (non-hydrogen) atoms. The average Bonchev–Trinajstić information content (AvgIpc) is 3.52. The first-order chi connectivity index (χ1) is 16.2. The zero-order valence-electron chi connectivity index (χ0n) is 18.4. The van der Waals surface area contributed by atoms with E-state index in [2.05, 4.69) is 22.4 Å². The second-order valence-corrected chi connectivity index (χ2v) is 7.54. The van der Waals surface area contributed by atoms with Gasteiger partial charge in [0, 0.05) is 5.69 Å². The summed E-state index contributed by atoms with van der Waals surface area (Å²) in [5.74, 6) is 1.90. The summed E-state index contributed by atoms with van der Waals surface area (Å²) in [6.45, 7) is 3.86. The fraction of sp³-hybridized carbons (Fsp3) is 0.240. The topological polar surface area (TPSA) is 93.6 Å². The number of carbonyl (C=O) groups is 1. The van der Waals surface area contributed by atoms with Crippen molar-refractivity contribution in [3.05, 3.63) is 84.4 Å². The lowest BCUT2D eigenvalue weighted by Crippen LogP contribution is -2.33. The zero-order valence-corrected chi connectivity index (χ0v) is 18.4. The number of amides is 1. The molecule has 0 saturated heterocycles. The van der Waals surface area contributed by atoms with Crippen molar-refractivity contribution in [2.75, 3.05) is 18.4 Å². The Labute approximate surface area is 192 Å². The van der Waals surface area contributed by atoms with E-state index in [-0.39, 0.29) is 12.5 Å². The Morgan fingerprint density at radius 1 is 1.03 bits per heavy atom. The van der Waals surface area contributed by atoms with Gasteiger partial charge in [0.1, 0.15) is 12.4 Å². The molecule has 0 radical (unpaired) electrons. The molecule has 8 heteroatoms. The summed E-state index contributed by atoms with van der Waals surface area (Å²) in [5, 5.41) is 11.0. The smallest absolute Gasteiger partial charge is 0.283 e. The highest BCUT2D eigenvalue weighted by atomic mass is 16.5. The normalized spacial score (nSPS) is 11.0. The van der Waals surface area contributed by atoms with Gasteiger partial charge in [0.2, 0.25) is 11.8 Å². The van der Waals surface area contributed by atoms with Gasteiger partial charge in [-0.2, -0.15) is 0 Å². The summed E-state index contributed by atoms with van der Waals surface area (Å²) < 4.78 is 16.7. The number of hydrogen-bond acceptors (Lipinski definition) is 7. The van der Waals surface area contributed by atoms with Crippen LogP contribution in [0.1, 0.15) is 24.8 Å². The largest absolute Gasteiger partial charge is 0.489 e. The van der Waals surface area contributed by atoms with Gasteiger partial charge in [-0.3, -0.25) is 9.69 Å². The van der Waals surface area contributed by atoms with Crippen molar-refractivity contribution in [1.82, 2.24) is 15.1 Å². The average molecular weight is 447 g/mol. The highest BCUT2D eigenvalue weighted by molar-refractivity contribution is 5.92. The van der Waals surface area contributed by atoms with Gasteiger partial charge < -0.3 is 18.9 Å². The summed E-state index contributed by atoms with van der Waals surface area (Å²) in [4.78, 5) is 14.6. The van der Waals surface area contributed by atoms with E-state index in [1.54, 1.807) is 18.4 Å². The molecule has 0 spiro atoms. The zero-order chi connectivity index (χ0) is 22.9. The van der Waals surface area contributed by atoms with Crippen molar-refractivity contribution < 1.29 is 18.4 Å². The molecule has 4 aromatic rings. The molecule has 170 valence electrons. The molecule has 1 N–H and O–H groups in total. The lowest BCUT2D eigenvalue weighted by atomic mass is 10.2. The van der Waals surface area contributed by atoms with Crippen LogP contribution >= 0.6 is 0 Å². The molecule has 0 bridgehead atoms. The second-order valence-electron chi connectivity index (χ2n) is 7.54. The molecule has 2 aromatic heterocycles. The van der Waals surface area contributed by atoms with Crippen LogP contribution in [0, 0.1) is 0 Å². The quantitative estimate of drug-likeness (QED) is 0.355. The molecule has 0 aliphatic carbocycles. The predicted molar refractivity (Wildman–Crippen MR) is 123 cm³/mol. The minimum Gasteiger partial charge on any atom is -0.489 e. The van der Waals surface area contributed by atoms with Crippen LogP contribution in [0.15, 0.2) is 81.8 Å². The van der Waals surface area contributed by atoms with E-state index in [1.807, 2.05) is 59.5 Å². The second kappa shape index (κ2) is 11.1. The van der Waals surface area contributed by atoms with Crippen LogP contribution in [-0.2, 0) is 17.9 Å². The lowest BCUT2D eigenvalue weighted by molar-refractivity contribution is -0.117. The monoisotopic (exact) mass is 446 g/mol. The van der Waals surface area contributed by atoms with Crippen LogP contribution in [-0.4, -0.2) is 34.1 Å². The van der Waals surface area contributed by atoms with Crippen molar-refractivity contribution in [3.63, 3.8) is 0 Å². The number of rotatable bonds is 11. The van der Waals surface area contributed by atoms with Crippen LogP contribution in [0.25, 0.3) is 11.7 Å². The van der Waals surface area contributed by atoms with Gasteiger partial charge >= 0.3 is 0 Å². The highest BCUT2D eigenvalue weighted by Gasteiger charge is 2.16. The standard InChI is InChI=1S/C25H26N4O4/c1-2-14-29(17-24-27-28-25(33-24)22-9-6-15-31-22)16-23(30)26-20-10-12-21(13-11-20)32-18-19-7-4-3-5-8-19/h3-13,15H,2,14,16-18H2,1H3,(H,26,30). The Morgan fingerprint density at radius 3 is 2.58 bits per heavy atom. The molecule has 0 aliphatic heterocycles. The van der Waals surface area contributed by atoms with E-state index in [0.717, 1.165) is 24.3 Å². The summed E-state index contributed by atoms with van der Waals surface area (Å²) >= 11 is 0. The van der Waals surface area contributed by atoms with Crippen molar-refractivity contribution in [2.24, 2.45) is 0 Å². The van der Waals surface area contributed by atoms with Gasteiger partial charge in [0.05, 0.1) is 19.4 Å². The fourth-order valence-electron chi connectivity index (χ4n) is 3.32. The minimum absolute atomic E-state index is 0.118. The van der Waals surface area contributed by atoms with Gasteiger partial charge in [-0.25, -0.2) is 0 Å². The molecule has 0 atom stereocenters. The van der Waals surface area contributed by atoms with E-state index in [9.17, 15) is 4.79 Å². The molecule has 0 unspecified atom stereocenters. The molecular weight excluding hydrogens is 420 g/mol. The van der Waals surface area contributed by atoms with Gasteiger partial charge in [-0.15, -0.1) is 10.2 Å². The molecule has 0 fully saturated rings. The first kappa shape index (κ1) is 22.3. The summed E-state index contributed by atoms with van der Waals surface area (Å²) in [7, 11) is 0. The third-order valence-electron chi connectivity index (χ3n) is 4.85. The number of nitrogens with one attached hydrogen (secondary N) is 1. The Bertz CT molecular complexity index is 1120. The predicted octanol–water partition coefficient (Wildman–Crippen LogP) is 4.76. The van der Waals surface area contributed by atoms with Gasteiger partial charge in [0.15, 0.2) is 5.76 Å². The molecular formula is C25H26N4O4. The molecule has 0 saturated carbocycles. The summed E-state index contributed by atoms with van der Waals surface area (Å²) in [6.07, 6.45) is 2.44. The van der Waals surface area contributed by atoms with Gasteiger partial charge in [-0.05, 0) is 54.9 Å². The van der Waals surface area contributed by atoms with Crippen LogP contribution in [0.4, 0.5) is 5.69 Å². The Kier molecular flexibility index (Phi) is 7.50.